The zero-order chi connectivity index (χ0) is 9.07. The monoisotopic (exact) mass is 160 g/mol. The highest BCUT2D eigenvalue weighted by Gasteiger charge is 2.31. The number of carboxylic acid groups (broad SMARTS) is 1. The van der Waals surface area contributed by atoms with Crippen LogP contribution >= 0.6 is 0 Å². The molecule has 1 unspecified atom stereocenters. The van der Waals surface area contributed by atoms with Gasteiger partial charge in [0.25, 0.3) is 0 Å². The molecule has 66 valence electrons. The molecule has 0 fully saturated rings. The van der Waals surface area contributed by atoms with Crippen LogP contribution in [0.5, 0.6) is 0 Å². The van der Waals surface area contributed by atoms with Crippen LogP contribution in [0.25, 0.3) is 0 Å². The Bertz CT molecular complexity index is 143. The van der Waals surface area contributed by atoms with Gasteiger partial charge in [0, 0.05) is 6.42 Å². The van der Waals surface area contributed by atoms with Crippen molar-refractivity contribution in [3.63, 3.8) is 0 Å². The van der Waals surface area contributed by atoms with E-state index < -0.39 is 5.97 Å². The second kappa shape index (κ2) is 3.72. The molecule has 0 saturated heterocycles. The number of quaternary nitrogens is 1. The van der Waals surface area contributed by atoms with Gasteiger partial charge in [-0.15, -0.1) is 0 Å². The molecule has 11 heavy (non-hydrogen) atoms. The molecule has 0 rings (SSSR count). The molecule has 1 N–H and O–H groups in total. The zero-order valence-electron chi connectivity index (χ0n) is 7.79. The summed E-state index contributed by atoms with van der Waals surface area (Å²) >= 11 is 0. The highest BCUT2D eigenvalue weighted by Crippen LogP contribution is 2.09. The van der Waals surface area contributed by atoms with Crippen molar-refractivity contribution < 1.29 is 14.4 Å². The lowest BCUT2D eigenvalue weighted by molar-refractivity contribution is -0.905. The van der Waals surface area contributed by atoms with Crippen molar-refractivity contribution >= 4 is 5.97 Å². The second-order valence-corrected chi connectivity index (χ2v) is 3.36. The Hall–Kier alpha value is -0.570. The molecule has 0 spiro atoms. The van der Waals surface area contributed by atoms with E-state index in [9.17, 15) is 4.79 Å². The summed E-state index contributed by atoms with van der Waals surface area (Å²) in [6, 6.07) is -0.264. The fourth-order valence-corrected chi connectivity index (χ4v) is 1.19. The molecule has 3 heteroatoms. The first kappa shape index (κ1) is 10.4. The van der Waals surface area contributed by atoms with Crippen LogP contribution in [-0.4, -0.2) is 42.2 Å². The summed E-state index contributed by atoms with van der Waals surface area (Å²) in [5, 5.41) is 8.82. The molecule has 0 heterocycles. The molecule has 0 saturated carbocycles. The van der Waals surface area contributed by atoms with E-state index in [0.29, 0.717) is 10.9 Å². The Labute approximate surface area is 68.2 Å². The molecule has 0 aliphatic carbocycles. The molecular weight excluding hydrogens is 142 g/mol. The minimum absolute atomic E-state index is 0.264. The topological polar surface area (TPSA) is 37.3 Å². The van der Waals surface area contributed by atoms with Crippen molar-refractivity contribution in [2.45, 2.75) is 26.3 Å². The van der Waals surface area contributed by atoms with Gasteiger partial charge in [0.05, 0.1) is 20.6 Å². The molecule has 0 aromatic carbocycles. The number of hydrogen-bond donors (Lipinski definition) is 1. The highest BCUT2D eigenvalue weighted by atomic mass is 16.4. The number of carbonyl (C=O) groups is 1. The number of nitrogens with zero attached hydrogens (tertiary/aromatic N) is 1. The molecule has 0 radical (unpaired) electrons. The third-order valence-electron chi connectivity index (χ3n) is 2.33. The zero-order valence-corrected chi connectivity index (χ0v) is 7.79. The molecule has 3 nitrogen and oxygen atoms in total. The fourth-order valence-electron chi connectivity index (χ4n) is 1.19. The highest BCUT2D eigenvalue weighted by molar-refractivity contribution is 5.72. The van der Waals surface area contributed by atoms with Crippen LogP contribution < -0.4 is 0 Å². The van der Waals surface area contributed by atoms with Crippen molar-refractivity contribution in [2.24, 2.45) is 0 Å². The largest absolute Gasteiger partial charge is 0.477 e. The summed E-state index contributed by atoms with van der Waals surface area (Å²) in [7, 11) is 3.89. The summed E-state index contributed by atoms with van der Waals surface area (Å²) in [5.41, 5.74) is 0. The van der Waals surface area contributed by atoms with Gasteiger partial charge in [-0.05, 0) is 6.92 Å². The van der Waals surface area contributed by atoms with Crippen LogP contribution in [0.15, 0.2) is 0 Å². The van der Waals surface area contributed by atoms with E-state index >= 15 is 0 Å². The Kier molecular flexibility index (Phi) is 3.52. The Morgan fingerprint density at radius 3 is 2.00 bits per heavy atom. The van der Waals surface area contributed by atoms with Gasteiger partial charge < -0.3 is 9.59 Å². The first-order chi connectivity index (χ1) is 4.95. The van der Waals surface area contributed by atoms with Crippen molar-refractivity contribution in [2.75, 3.05) is 20.6 Å². The Balaban J connectivity index is 4.36. The number of rotatable bonds is 4. The number of hydrogen-bond acceptors (Lipinski definition) is 1. The third-order valence-corrected chi connectivity index (χ3v) is 2.33. The molecule has 0 aliphatic heterocycles. The maximum atomic E-state index is 10.7. The average molecular weight is 160 g/mol. The normalized spacial score (nSPS) is 14.5. The molecule has 0 aliphatic rings. The van der Waals surface area contributed by atoms with Crippen LogP contribution in [-0.2, 0) is 4.79 Å². The van der Waals surface area contributed by atoms with Crippen molar-refractivity contribution in [1.29, 1.82) is 0 Å². The van der Waals surface area contributed by atoms with Crippen LogP contribution in [0.1, 0.15) is 20.3 Å². The lowest BCUT2D eigenvalue weighted by Crippen LogP contribution is -2.52. The van der Waals surface area contributed by atoms with Crippen molar-refractivity contribution in [1.82, 2.24) is 0 Å². The maximum Gasteiger partial charge on any atom is 0.362 e. The summed E-state index contributed by atoms with van der Waals surface area (Å²) in [4.78, 5) is 10.7. The minimum atomic E-state index is -0.695. The fraction of sp³-hybridized carbons (Fsp3) is 0.875. The predicted octanol–water partition coefficient (Wildman–Crippen LogP) is 0.946. The molecule has 0 bridgehead atoms. The summed E-state index contributed by atoms with van der Waals surface area (Å²) in [6.45, 7) is 4.77. The summed E-state index contributed by atoms with van der Waals surface area (Å²) in [5.74, 6) is -0.695. The van der Waals surface area contributed by atoms with Crippen molar-refractivity contribution in [3.8, 4) is 0 Å². The number of likely N-dealkylation sites (N-methyl/N-ethyl adjacent to an activating group) is 1. The molecule has 1 atom stereocenters. The van der Waals surface area contributed by atoms with Gasteiger partial charge in [0.2, 0.25) is 0 Å². The maximum absolute atomic E-state index is 10.7. The van der Waals surface area contributed by atoms with Crippen molar-refractivity contribution in [3.05, 3.63) is 0 Å². The van der Waals surface area contributed by atoms with Crippen LogP contribution in [0.3, 0.4) is 0 Å². The van der Waals surface area contributed by atoms with E-state index in [4.69, 9.17) is 5.11 Å². The number of aliphatic carboxylic acids is 1. The van der Waals surface area contributed by atoms with Crippen LogP contribution in [0.2, 0.25) is 0 Å². The third kappa shape index (κ3) is 2.50. The molecule has 0 aromatic heterocycles. The van der Waals surface area contributed by atoms with Gasteiger partial charge in [-0.3, -0.25) is 0 Å². The van der Waals surface area contributed by atoms with Gasteiger partial charge in [-0.25, -0.2) is 4.79 Å². The lowest BCUT2D eigenvalue weighted by Gasteiger charge is -2.33. The Morgan fingerprint density at radius 2 is 1.91 bits per heavy atom. The van der Waals surface area contributed by atoms with Gasteiger partial charge in [-0.2, -0.15) is 0 Å². The van der Waals surface area contributed by atoms with E-state index in [1.54, 1.807) is 0 Å². The smallest absolute Gasteiger partial charge is 0.362 e. The van der Waals surface area contributed by atoms with E-state index in [1.807, 2.05) is 27.9 Å². The SMILES string of the molecule is CCC(C(=O)O)[N+](C)(C)CC. The average Bonchev–Trinajstić information content (AvgIpc) is 1.88. The van der Waals surface area contributed by atoms with Gasteiger partial charge in [-0.1, -0.05) is 6.92 Å². The second-order valence-electron chi connectivity index (χ2n) is 3.36. The molecule has 0 amide bonds. The van der Waals surface area contributed by atoms with E-state index in [1.165, 1.54) is 0 Å². The standard InChI is InChI=1S/C8H17NO2/c1-5-7(8(10)11)9(3,4)6-2/h7H,5-6H2,1-4H3/p+1. The van der Waals surface area contributed by atoms with Crippen LogP contribution in [0, 0.1) is 0 Å². The first-order valence-electron chi connectivity index (χ1n) is 4.01. The van der Waals surface area contributed by atoms with E-state index in [-0.39, 0.29) is 6.04 Å². The number of carboxylic acids is 1. The van der Waals surface area contributed by atoms with E-state index in [2.05, 4.69) is 0 Å². The van der Waals surface area contributed by atoms with Crippen LogP contribution in [0.4, 0.5) is 0 Å². The van der Waals surface area contributed by atoms with E-state index in [0.717, 1.165) is 6.54 Å². The van der Waals surface area contributed by atoms with Gasteiger partial charge in [0.15, 0.2) is 6.04 Å². The lowest BCUT2D eigenvalue weighted by atomic mass is 10.1. The molecular formula is C8H18NO2+. The summed E-state index contributed by atoms with van der Waals surface area (Å²) < 4.78 is 0.561. The van der Waals surface area contributed by atoms with Gasteiger partial charge >= 0.3 is 5.97 Å². The Morgan fingerprint density at radius 1 is 1.45 bits per heavy atom. The minimum Gasteiger partial charge on any atom is -0.477 e. The molecule has 0 aromatic rings. The predicted molar refractivity (Wildman–Crippen MR) is 44.4 cm³/mol. The summed E-state index contributed by atoms with van der Waals surface area (Å²) in [6.07, 6.45) is 0.691. The first-order valence-corrected chi connectivity index (χ1v) is 4.01. The quantitative estimate of drug-likeness (QED) is 0.622. The van der Waals surface area contributed by atoms with Gasteiger partial charge in [0.1, 0.15) is 0 Å².